The van der Waals surface area contributed by atoms with Gasteiger partial charge in [-0.05, 0) is 70.0 Å². The number of alkyl halides is 3. The first kappa shape index (κ1) is 26.5. The van der Waals surface area contributed by atoms with Gasteiger partial charge in [-0.25, -0.2) is 4.79 Å². The van der Waals surface area contributed by atoms with Crippen molar-refractivity contribution in [1.82, 2.24) is 15.1 Å². The number of nitrogens with zero attached hydrogens (tertiary/aromatic N) is 3. The Morgan fingerprint density at radius 2 is 1.95 bits per heavy atom. The number of ether oxygens (including phenoxy) is 2. The molecule has 1 amide bonds. The van der Waals surface area contributed by atoms with Crippen LogP contribution in [0.3, 0.4) is 0 Å². The second kappa shape index (κ2) is 10.1. The number of fused-ring (bicyclic) bond motifs is 1. The van der Waals surface area contributed by atoms with Gasteiger partial charge in [0.05, 0.1) is 24.3 Å². The largest absolute Gasteiger partial charge is 0.488 e. The van der Waals surface area contributed by atoms with Gasteiger partial charge < -0.3 is 19.7 Å². The lowest BCUT2D eigenvalue weighted by atomic mass is 9.97. The molecule has 10 heteroatoms. The van der Waals surface area contributed by atoms with Gasteiger partial charge >= 0.3 is 12.3 Å². The molecule has 1 aromatic heterocycles. The molecule has 2 aromatic carbocycles. The Hall–Kier alpha value is -3.56. The van der Waals surface area contributed by atoms with E-state index in [1.807, 2.05) is 39.0 Å². The fourth-order valence-electron chi connectivity index (χ4n) is 4.46. The summed E-state index contributed by atoms with van der Waals surface area (Å²) in [7, 11) is 0. The molecule has 0 bridgehead atoms. The Morgan fingerprint density at radius 3 is 2.65 bits per heavy atom. The number of halogens is 3. The molecule has 37 heavy (non-hydrogen) atoms. The van der Waals surface area contributed by atoms with Crippen LogP contribution in [0.25, 0.3) is 10.8 Å². The summed E-state index contributed by atoms with van der Waals surface area (Å²) in [6.07, 6.45) is -2.70. The van der Waals surface area contributed by atoms with Crippen LogP contribution in [0.15, 0.2) is 42.6 Å². The number of carbonyl (C=O) groups is 1. The van der Waals surface area contributed by atoms with E-state index >= 15 is 0 Å². The molecule has 3 aromatic rings. The van der Waals surface area contributed by atoms with Gasteiger partial charge in [-0.1, -0.05) is 12.1 Å². The molecule has 0 radical (unpaired) electrons. The number of likely N-dealkylation sites (tertiary alicyclic amines) is 1. The number of amides is 1. The summed E-state index contributed by atoms with van der Waals surface area (Å²) in [5.41, 5.74) is -0.532. The van der Waals surface area contributed by atoms with Crippen molar-refractivity contribution in [1.29, 1.82) is 0 Å². The minimum Gasteiger partial charge on any atom is -0.488 e. The van der Waals surface area contributed by atoms with Gasteiger partial charge in [0.2, 0.25) is 0 Å². The standard InChI is InChI=1S/C27H31F3N4O3/c1-16-21(7-6-8-23(16)27(28,29)30)17(2)32-24-22-13-19(10-9-18(22)14-31-33-24)36-20-11-12-34(15-20)25(35)37-26(3,4)5/h6-10,13-14,17,20H,11-12,15H2,1-5H3,(H,32,33)/t17-,20+/m1/s1. The smallest absolute Gasteiger partial charge is 0.416 e. The van der Waals surface area contributed by atoms with E-state index in [1.54, 1.807) is 24.1 Å². The maximum absolute atomic E-state index is 13.4. The summed E-state index contributed by atoms with van der Waals surface area (Å²) >= 11 is 0. The van der Waals surface area contributed by atoms with E-state index in [0.717, 1.165) is 16.8 Å². The molecule has 0 unspecified atom stereocenters. The van der Waals surface area contributed by atoms with Crippen LogP contribution in [0.2, 0.25) is 0 Å². The van der Waals surface area contributed by atoms with Crippen molar-refractivity contribution in [2.45, 2.75) is 65.0 Å². The Kier molecular flexibility index (Phi) is 7.21. The molecule has 7 nitrogen and oxygen atoms in total. The van der Waals surface area contributed by atoms with Gasteiger partial charge in [-0.15, -0.1) is 5.10 Å². The molecule has 0 saturated carbocycles. The molecule has 4 rings (SSSR count). The normalized spacial score (nSPS) is 17.1. The van der Waals surface area contributed by atoms with Crippen LogP contribution >= 0.6 is 0 Å². The average Bonchev–Trinajstić information content (AvgIpc) is 3.26. The van der Waals surface area contributed by atoms with Crippen LogP contribution in [-0.2, 0) is 10.9 Å². The Labute approximate surface area is 214 Å². The number of rotatable bonds is 5. The van der Waals surface area contributed by atoms with Crippen molar-refractivity contribution >= 4 is 22.7 Å². The maximum Gasteiger partial charge on any atom is 0.416 e. The molecule has 1 aliphatic heterocycles. The third-order valence-corrected chi connectivity index (χ3v) is 6.23. The van der Waals surface area contributed by atoms with Crippen LogP contribution in [0.5, 0.6) is 5.75 Å². The van der Waals surface area contributed by atoms with Crippen LogP contribution in [0.4, 0.5) is 23.8 Å². The van der Waals surface area contributed by atoms with Crippen molar-refractivity contribution in [2.75, 3.05) is 18.4 Å². The summed E-state index contributed by atoms with van der Waals surface area (Å²) in [6.45, 7) is 9.69. The highest BCUT2D eigenvalue weighted by molar-refractivity contribution is 5.92. The highest BCUT2D eigenvalue weighted by Gasteiger charge is 2.33. The lowest BCUT2D eigenvalue weighted by Gasteiger charge is -2.24. The molecule has 0 spiro atoms. The highest BCUT2D eigenvalue weighted by Crippen LogP contribution is 2.36. The van der Waals surface area contributed by atoms with Gasteiger partial charge in [0.1, 0.15) is 17.5 Å². The zero-order chi connectivity index (χ0) is 27.0. The van der Waals surface area contributed by atoms with E-state index in [-0.39, 0.29) is 17.8 Å². The van der Waals surface area contributed by atoms with Crippen molar-refractivity contribution in [3.8, 4) is 5.75 Å². The van der Waals surface area contributed by atoms with Crippen LogP contribution < -0.4 is 10.1 Å². The quantitative estimate of drug-likeness (QED) is 0.416. The van der Waals surface area contributed by atoms with Crippen LogP contribution in [-0.4, -0.2) is 46.0 Å². The van der Waals surface area contributed by atoms with Gasteiger partial charge in [-0.2, -0.15) is 18.3 Å². The number of hydrogen-bond acceptors (Lipinski definition) is 6. The molecule has 198 valence electrons. The number of hydrogen-bond donors (Lipinski definition) is 1. The fourth-order valence-corrected chi connectivity index (χ4v) is 4.46. The maximum atomic E-state index is 13.4. The zero-order valence-corrected chi connectivity index (χ0v) is 21.5. The average molecular weight is 517 g/mol. The van der Waals surface area contributed by atoms with E-state index in [1.165, 1.54) is 13.0 Å². The summed E-state index contributed by atoms with van der Waals surface area (Å²) < 4.78 is 51.8. The fraction of sp³-hybridized carbons (Fsp3) is 0.444. The second-order valence-electron chi connectivity index (χ2n) is 10.3. The third kappa shape index (κ3) is 6.23. The number of nitrogens with one attached hydrogen (secondary N) is 1. The monoisotopic (exact) mass is 516 g/mol. The minimum absolute atomic E-state index is 0.169. The molecule has 0 aliphatic carbocycles. The Morgan fingerprint density at radius 1 is 1.19 bits per heavy atom. The second-order valence-corrected chi connectivity index (χ2v) is 10.3. The number of anilines is 1. The van der Waals surface area contributed by atoms with Crippen molar-refractivity contribution in [2.24, 2.45) is 0 Å². The highest BCUT2D eigenvalue weighted by atomic mass is 19.4. The predicted octanol–water partition coefficient (Wildman–Crippen LogP) is 6.52. The first-order valence-electron chi connectivity index (χ1n) is 12.1. The minimum atomic E-state index is -4.43. The van der Waals surface area contributed by atoms with Crippen molar-refractivity contribution < 1.29 is 27.4 Å². The topological polar surface area (TPSA) is 76.6 Å². The van der Waals surface area contributed by atoms with Crippen molar-refractivity contribution in [3.05, 3.63) is 59.3 Å². The zero-order valence-electron chi connectivity index (χ0n) is 21.5. The molecule has 1 fully saturated rings. The van der Waals surface area contributed by atoms with Crippen LogP contribution in [0, 0.1) is 6.92 Å². The number of carbonyl (C=O) groups excluding carboxylic acids is 1. The molecule has 2 heterocycles. The summed E-state index contributed by atoms with van der Waals surface area (Å²) in [5.74, 6) is 1.04. The molecule has 1 N–H and O–H groups in total. The summed E-state index contributed by atoms with van der Waals surface area (Å²) in [5, 5.41) is 13.0. The van der Waals surface area contributed by atoms with E-state index in [2.05, 4.69) is 15.5 Å². The predicted molar refractivity (Wildman–Crippen MR) is 135 cm³/mol. The molecule has 1 saturated heterocycles. The lowest BCUT2D eigenvalue weighted by Crippen LogP contribution is -2.36. The molecule has 1 aliphatic rings. The first-order valence-corrected chi connectivity index (χ1v) is 12.1. The third-order valence-electron chi connectivity index (χ3n) is 6.23. The number of aromatic nitrogens is 2. The summed E-state index contributed by atoms with van der Waals surface area (Å²) in [6, 6.07) is 9.21. The SMILES string of the molecule is Cc1c([C@@H](C)Nc2nncc3ccc(O[C@H]4CCN(C(=O)OC(C)(C)C)C4)cc23)cccc1C(F)(F)F. The molecular formula is C27H31F3N4O3. The van der Waals surface area contributed by atoms with Gasteiger partial charge in [-0.3, -0.25) is 0 Å². The first-order chi connectivity index (χ1) is 17.3. The van der Waals surface area contributed by atoms with E-state index in [4.69, 9.17) is 9.47 Å². The van der Waals surface area contributed by atoms with E-state index in [9.17, 15) is 18.0 Å². The Bertz CT molecular complexity index is 1290. The van der Waals surface area contributed by atoms with Crippen LogP contribution in [0.1, 0.15) is 56.8 Å². The summed E-state index contributed by atoms with van der Waals surface area (Å²) in [4.78, 5) is 14.0. The van der Waals surface area contributed by atoms with E-state index in [0.29, 0.717) is 36.6 Å². The van der Waals surface area contributed by atoms with Gasteiger partial charge in [0.25, 0.3) is 0 Å². The van der Waals surface area contributed by atoms with Gasteiger partial charge in [0.15, 0.2) is 5.82 Å². The van der Waals surface area contributed by atoms with Gasteiger partial charge in [0, 0.05) is 23.7 Å². The van der Waals surface area contributed by atoms with E-state index < -0.39 is 23.4 Å². The van der Waals surface area contributed by atoms with Crippen molar-refractivity contribution in [3.63, 3.8) is 0 Å². The lowest BCUT2D eigenvalue weighted by molar-refractivity contribution is -0.138. The Balaban J connectivity index is 1.51. The number of benzene rings is 2. The molecule has 2 atom stereocenters. The molecular weight excluding hydrogens is 485 g/mol.